The van der Waals surface area contributed by atoms with Crippen molar-refractivity contribution in [2.75, 3.05) is 31.2 Å². The third kappa shape index (κ3) is 4.62. The van der Waals surface area contributed by atoms with Crippen molar-refractivity contribution >= 4 is 15.7 Å². The Morgan fingerprint density at radius 3 is 2.50 bits per heavy atom. The monoisotopic (exact) mass is 373 g/mol. The molecule has 26 heavy (non-hydrogen) atoms. The number of likely N-dealkylation sites (tertiary alicyclic amines) is 1. The van der Waals surface area contributed by atoms with Gasteiger partial charge in [0.2, 0.25) is 0 Å². The minimum atomic E-state index is -3.32. The molecule has 1 fully saturated rings. The van der Waals surface area contributed by atoms with Gasteiger partial charge in [-0.25, -0.2) is 13.4 Å². The van der Waals surface area contributed by atoms with E-state index in [0.29, 0.717) is 12.4 Å². The lowest BCUT2D eigenvalue weighted by Gasteiger charge is -2.37. The molecule has 0 saturated carbocycles. The minimum Gasteiger partial charge on any atom is -0.367 e. The topological polar surface area (TPSA) is 62.3 Å². The van der Waals surface area contributed by atoms with E-state index in [4.69, 9.17) is 0 Å². The van der Waals surface area contributed by atoms with Crippen LogP contribution in [-0.2, 0) is 9.84 Å². The summed E-state index contributed by atoms with van der Waals surface area (Å²) in [6.07, 6.45) is 5.23. The number of anilines is 1. The lowest BCUT2D eigenvalue weighted by Crippen LogP contribution is -2.39. The van der Waals surface area contributed by atoms with E-state index < -0.39 is 9.84 Å². The van der Waals surface area contributed by atoms with E-state index in [1.165, 1.54) is 24.7 Å². The Balaban J connectivity index is 1.81. The van der Waals surface area contributed by atoms with E-state index in [-0.39, 0.29) is 10.9 Å². The maximum atomic E-state index is 12.0. The molecule has 1 aromatic heterocycles. The number of hydrogen-bond donors (Lipinski definition) is 1. The van der Waals surface area contributed by atoms with Crippen LogP contribution in [0.25, 0.3) is 0 Å². The fourth-order valence-electron chi connectivity index (χ4n) is 3.49. The summed E-state index contributed by atoms with van der Waals surface area (Å²) in [6.45, 7) is 5.05. The fraction of sp³-hybridized carbons (Fsp3) is 0.450. The van der Waals surface area contributed by atoms with Crippen LogP contribution >= 0.6 is 0 Å². The Labute approximate surface area is 156 Å². The molecule has 1 unspecified atom stereocenters. The smallest absolute Gasteiger partial charge is 0.179 e. The minimum absolute atomic E-state index is 0.193. The summed E-state index contributed by atoms with van der Waals surface area (Å²) in [4.78, 5) is 7.00. The molecule has 6 heteroatoms. The Kier molecular flexibility index (Phi) is 5.94. The molecule has 0 amide bonds. The maximum Gasteiger partial charge on any atom is 0.179 e. The number of sulfone groups is 1. The van der Waals surface area contributed by atoms with Gasteiger partial charge in [0.05, 0.1) is 6.04 Å². The largest absolute Gasteiger partial charge is 0.367 e. The van der Waals surface area contributed by atoms with Crippen molar-refractivity contribution in [3.05, 3.63) is 54.2 Å². The van der Waals surface area contributed by atoms with Gasteiger partial charge in [0, 0.05) is 19.0 Å². The van der Waals surface area contributed by atoms with E-state index in [9.17, 15) is 8.42 Å². The Hall–Kier alpha value is -1.92. The lowest BCUT2D eigenvalue weighted by molar-refractivity contribution is 0.143. The Morgan fingerprint density at radius 1 is 1.15 bits per heavy atom. The highest BCUT2D eigenvalue weighted by molar-refractivity contribution is 7.90. The molecule has 140 valence electrons. The highest BCUT2D eigenvalue weighted by atomic mass is 32.2. The van der Waals surface area contributed by atoms with Gasteiger partial charge in [-0.1, -0.05) is 37.3 Å². The number of aromatic nitrogens is 1. The van der Waals surface area contributed by atoms with E-state index in [2.05, 4.69) is 46.4 Å². The Morgan fingerprint density at radius 2 is 1.85 bits per heavy atom. The van der Waals surface area contributed by atoms with Crippen molar-refractivity contribution < 1.29 is 8.42 Å². The van der Waals surface area contributed by atoms with Crippen LogP contribution in [0.1, 0.15) is 31.4 Å². The molecule has 1 saturated heterocycles. The summed E-state index contributed by atoms with van der Waals surface area (Å²) in [7, 11) is -3.32. The maximum absolute atomic E-state index is 12.0. The lowest BCUT2D eigenvalue weighted by atomic mass is 9.95. The first kappa shape index (κ1) is 18.9. The molecule has 2 heterocycles. The average molecular weight is 374 g/mol. The van der Waals surface area contributed by atoms with Crippen LogP contribution < -0.4 is 5.32 Å². The molecule has 0 spiro atoms. The second kappa shape index (κ2) is 8.18. The molecule has 1 aromatic carbocycles. The predicted molar refractivity (Wildman–Crippen MR) is 105 cm³/mol. The SMILES string of the molecule is CC1CCN(C(CNc2ncccc2S(C)(=O)=O)c2ccccc2)CC1. The Bertz CT molecular complexity index is 816. The first-order valence-electron chi connectivity index (χ1n) is 9.13. The van der Waals surface area contributed by atoms with Crippen molar-refractivity contribution in [1.82, 2.24) is 9.88 Å². The van der Waals surface area contributed by atoms with Gasteiger partial charge < -0.3 is 5.32 Å². The number of hydrogen-bond acceptors (Lipinski definition) is 5. The summed E-state index contributed by atoms with van der Waals surface area (Å²) >= 11 is 0. The molecule has 1 aliphatic heterocycles. The van der Waals surface area contributed by atoms with Crippen LogP contribution in [0.4, 0.5) is 5.82 Å². The molecule has 2 aromatic rings. The van der Waals surface area contributed by atoms with Gasteiger partial charge in [-0.05, 0) is 49.5 Å². The van der Waals surface area contributed by atoms with Crippen LogP contribution in [0.2, 0.25) is 0 Å². The predicted octanol–water partition coefficient (Wildman–Crippen LogP) is 3.37. The average Bonchev–Trinajstić information content (AvgIpc) is 2.64. The van der Waals surface area contributed by atoms with E-state index in [1.54, 1.807) is 18.3 Å². The van der Waals surface area contributed by atoms with Crippen molar-refractivity contribution in [1.29, 1.82) is 0 Å². The molecule has 0 aliphatic carbocycles. The molecule has 1 aliphatic rings. The number of benzene rings is 1. The van der Waals surface area contributed by atoms with Gasteiger partial charge in [-0.15, -0.1) is 0 Å². The van der Waals surface area contributed by atoms with Crippen LogP contribution in [0.15, 0.2) is 53.6 Å². The van der Waals surface area contributed by atoms with Crippen molar-refractivity contribution in [3.8, 4) is 0 Å². The van der Waals surface area contributed by atoms with E-state index in [1.807, 2.05) is 6.07 Å². The zero-order valence-electron chi connectivity index (χ0n) is 15.4. The second-order valence-electron chi connectivity index (χ2n) is 7.15. The summed E-state index contributed by atoms with van der Waals surface area (Å²) in [5.41, 5.74) is 1.24. The van der Waals surface area contributed by atoms with Crippen molar-refractivity contribution in [2.45, 2.75) is 30.7 Å². The summed E-state index contributed by atoms with van der Waals surface area (Å²) in [5.74, 6) is 1.20. The molecular formula is C20H27N3O2S. The summed E-state index contributed by atoms with van der Waals surface area (Å²) in [6, 6.07) is 13.9. The quantitative estimate of drug-likeness (QED) is 0.841. The van der Waals surface area contributed by atoms with Gasteiger partial charge in [0.15, 0.2) is 9.84 Å². The van der Waals surface area contributed by atoms with Crippen LogP contribution in [0.3, 0.4) is 0 Å². The molecule has 3 rings (SSSR count). The zero-order valence-corrected chi connectivity index (χ0v) is 16.2. The highest BCUT2D eigenvalue weighted by Gasteiger charge is 2.25. The van der Waals surface area contributed by atoms with Crippen LogP contribution in [0, 0.1) is 5.92 Å². The first-order valence-corrected chi connectivity index (χ1v) is 11.0. The molecular weight excluding hydrogens is 346 g/mol. The fourth-order valence-corrected chi connectivity index (χ4v) is 4.29. The second-order valence-corrected chi connectivity index (χ2v) is 9.13. The third-order valence-corrected chi connectivity index (χ3v) is 6.20. The number of rotatable bonds is 6. The number of nitrogens with one attached hydrogen (secondary N) is 1. The van der Waals surface area contributed by atoms with Crippen LogP contribution in [-0.4, -0.2) is 44.2 Å². The summed E-state index contributed by atoms with van der Waals surface area (Å²) < 4.78 is 24.0. The van der Waals surface area contributed by atoms with Gasteiger partial charge in [0.25, 0.3) is 0 Å². The molecule has 5 nitrogen and oxygen atoms in total. The highest BCUT2D eigenvalue weighted by Crippen LogP contribution is 2.28. The van der Waals surface area contributed by atoms with Crippen molar-refractivity contribution in [2.24, 2.45) is 5.92 Å². The number of pyridine rings is 1. The number of piperidine rings is 1. The summed E-state index contributed by atoms with van der Waals surface area (Å²) in [5, 5.41) is 3.29. The van der Waals surface area contributed by atoms with Gasteiger partial charge in [0.1, 0.15) is 10.7 Å². The van der Waals surface area contributed by atoms with E-state index >= 15 is 0 Å². The van der Waals surface area contributed by atoms with Gasteiger partial charge in [-0.3, -0.25) is 4.90 Å². The molecule has 0 bridgehead atoms. The standard InChI is InChI=1S/C20H27N3O2S/c1-16-10-13-23(14-11-16)18(17-7-4-3-5-8-17)15-22-20-19(26(2,24)25)9-6-12-21-20/h3-9,12,16,18H,10-11,13-15H2,1-2H3,(H,21,22). The molecule has 1 N–H and O–H groups in total. The van der Waals surface area contributed by atoms with Gasteiger partial charge >= 0.3 is 0 Å². The van der Waals surface area contributed by atoms with Gasteiger partial charge in [-0.2, -0.15) is 0 Å². The number of nitrogens with zero attached hydrogens (tertiary/aromatic N) is 2. The molecule has 0 radical (unpaired) electrons. The molecule has 1 atom stereocenters. The normalized spacial score (nSPS) is 17.8. The van der Waals surface area contributed by atoms with E-state index in [0.717, 1.165) is 19.0 Å². The van der Waals surface area contributed by atoms with Crippen LogP contribution in [0.5, 0.6) is 0 Å². The first-order chi connectivity index (χ1) is 12.4. The van der Waals surface area contributed by atoms with Crippen molar-refractivity contribution in [3.63, 3.8) is 0 Å². The third-order valence-electron chi connectivity index (χ3n) is 5.08. The zero-order chi connectivity index (χ0) is 18.6.